The first-order valence-corrected chi connectivity index (χ1v) is 7.02. The molecular formula is C17H10ClF2NO3. The largest absolute Gasteiger partial charge is 0.465 e. The first kappa shape index (κ1) is 17.4. The van der Waals surface area contributed by atoms with Crippen molar-refractivity contribution in [3.63, 3.8) is 0 Å². The minimum Gasteiger partial charge on any atom is -0.465 e. The summed E-state index contributed by atoms with van der Waals surface area (Å²) < 4.78 is 27.6. The van der Waals surface area contributed by atoms with Crippen LogP contribution in [-0.4, -0.2) is 23.5 Å². The second-order valence-corrected chi connectivity index (χ2v) is 5.01. The van der Waals surface area contributed by atoms with Gasteiger partial charge >= 0.3 is 6.09 Å². The highest BCUT2D eigenvalue weighted by Gasteiger charge is 2.21. The van der Waals surface area contributed by atoms with Crippen molar-refractivity contribution in [2.75, 3.05) is 6.54 Å². The van der Waals surface area contributed by atoms with Gasteiger partial charge in [0.1, 0.15) is 11.6 Å². The number of hydrogen-bond donors (Lipinski definition) is 2. The lowest BCUT2D eigenvalue weighted by Crippen LogP contribution is -2.20. The van der Waals surface area contributed by atoms with Crippen molar-refractivity contribution >= 4 is 23.5 Å². The van der Waals surface area contributed by atoms with Crippen LogP contribution in [0.15, 0.2) is 36.4 Å². The lowest BCUT2D eigenvalue weighted by molar-refractivity contribution is 0.103. The SMILES string of the molecule is O=C(O)NCC#Cc1ccc(Cl)cc1C(=O)c1c(F)cccc1F. The highest BCUT2D eigenvalue weighted by Crippen LogP contribution is 2.22. The minimum atomic E-state index is -1.25. The molecule has 0 saturated carbocycles. The van der Waals surface area contributed by atoms with Crippen molar-refractivity contribution in [2.45, 2.75) is 0 Å². The number of halogens is 3. The number of carbonyl (C=O) groups is 2. The molecular weight excluding hydrogens is 340 g/mol. The number of hydrogen-bond acceptors (Lipinski definition) is 2. The third-order valence-electron chi connectivity index (χ3n) is 2.97. The van der Waals surface area contributed by atoms with Crippen molar-refractivity contribution in [1.82, 2.24) is 5.32 Å². The molecule has 122 valence electrons. The van der Waals surface area contributed by atoms with Crippen molar-refractivity contribution in [3.05, 3.63) is 69.7 Å². The number of nitrogens with one attached hydrogen (secondary N) is 1. The summed E-state index contributed by atoms with van der Waals surface area (Å²) in [5.74, 6) is 2.20. The van der Waals surface area contributed by atoms with Crippen molar-refractivity contribution < 1.29 is 23.5 Å². The first-order chi connectivity index (χ1) is 11.4. The molecule has 7 heteroatoms. The second kappa shape index (κ2) is 7.57. The van der Waals surface area contributed by atoms with Gasteiger partial charge in [-0.05, 0) is 30.3 Å². The van der Waals surface area contributed by atoms with Crippen LogP contribution in [0.5, 0.6) is 0 Å². The molecule has 1 amide bonds. The predicted octanol–water partition coefficient (Wildman–Crippen LogP) is 3.47. The molecule has 0 saturated heterocycles. The maximum atomic E-state index is 13.8. The van der Waals surface area contributed by atoms with Crippen molar-refractivity contribution in [1.29, 1.82) is 0 Å². The fourth-order valence-corrected chi connectivity index (χ4v) is 2.09. The molecule has 0 fully saturated rings. The molecule has 4 nitrogen and oxygen atoms in total. The number of carboxylic acid groups (broad SMARTS) is 1. The second-order valence-electron chi connectivity index (χ2n) is 4.58. The summed E-state index contributed by atoms with van der Waals surface area (Å²) in [7, 11) is 0. The van der Waals surface area contributed by atoms with Crippen LogP contribution in [0.25, 0.3) is 0 Å². The molecule has 0 aliphatic rings. The van der Waals surface area contributed by atoms with E-state index in [1.807, 2.05) is 5.32 Å². The summed E-state index contributed by atoms with van der Waals surface area (Å²) in [5.41, 5.74) is -0.597. The molecule has 0 spiro atoms. The zero-order valence-electron chi connectivity index (χ0n) is 12.1. The monoisotopic (exact) mass is 349 g/mol. The van der Waals surface area contributed by atoms with E-state index in [1.54, 1.807) is 0 Å². The molecule has 0 aliphatic heterocycles. The quantitative estimate of drug-likeness (QED) is 0.658. The van der Waals surface area contributed by atoms with Gasteiger partial charge in [0.15, 0.2) is 5.78 Å². The first-order valence-electron chi connectivity index (χ1n) is 6.64. The van der Waals surface area contributed by atoms with E-state index in [0.717, 1.165) is 18.2 Å². The molecule has 0 atom stereocenters. The van der Waals surface area contributed by atoms with Gasteiger partial charge in [0.05, 0.1) is 12.1 Å². The van der Waals surface area contributed by atoms with E-state index >= 15 is 0 Å². The topological polar surface area (TPSA) is 66.4 Å². The highest BCUT2D eigenvalue weighted by molar-refractivity contribution is 6.31. The summed E-state index contributed by atoms with van der Waals surface area (Å²) in [6.07, 6.45) is -1.25. The Kier molecular flexibility index (Phi) is 5.51. The third-order valence-corrected chi connectivity index (χ3v) is 3.20. The molecule has 2 rings (SSSR count). The van der Waals surface area contributed by atoms with Gasteiger partial charge in [-0.25, -0.2) is 13.6 Å². The molecule has 2 aromatic rings. The fraction of sp³-hybridized carbons (Fsp3) is 0.0588. The lowest BCUT2D eigenvalue weighted by atomic mass is 9.97. The van der Waals surface area contributed by atoms with E-state index in [2.05, 4.69) is 11.8 Å². The van der Waals surface area contributed by atoms with Gasteiger partial charge in [-0.2, -0.15) is 0 Å². The van der Waals surface area contributed by atoms with E-state index in [-0.39, 0.29) is 22.7 Å². The molecule has 0 heterocycles. The maximum Gasteiger partial charge on any atom is 0.405 e. The summed E-state index contributed by atoms with van der Waals surface area (Å²) in [4.78, 5) is 22.8. The number of carbonyl (C=O) groups excluding carboxylic acids is 1. The van der Waals surface area contributed by atoms with Crippen LogP contribution < -0.4 is 5.32 Å². The Labute approximate surface area is 141 Å². The van der Waals surface area contributed by atoms with Crippen LogP contribution in [-0.2, 0) is 0 Å². The molecule has 0 aromatic heterocycles. The van der Waals surface area contributed by atoms with Crippen molar-refractivity contribution in [3.8, 4) is 11.8 Å². The van der Waals surface area contributed by atoms with Gasteiger partial charge in [-0.1, -0.05) is 29.5 Å². The van der Waals surface area contributed by atoms with E-state index in [1.165, 1.54) is 18.2 Å². The summed E-state index contributed by atoms with van der Waals surface area (Å²) in [5, 5.41) is 10.7. The zero-order valence-corrected chi connectivity index (χ0v) is 12.8. The number of ketones is 1. The van der Waals surface area contributed by atoms with Gasteiger partial charge in [0.2, 0.25) is 0 Å². The third kappa shape index (κ3) is 4.09. The standard InChI is InChI=1S/C17H10ClF2NO3/c18-11-7-6-10(3-2-8-21-17(23)24)12(9-11)16(22)15-13(19)4-1-5-14(15)20/h1,4-7,9,21H,8H2,(H,23,24). The Balaban J connectivity index is 2.44. The van der Waals surface area contributed by atoms with E-state index < -0.39 is 29.1 Å². The normalized spacial score (nSPS) is 9.79. The molecule has 2 N–H and O–H groups in total. The zero-order chi connectivity index (χ0) is 17.7. The Hall–Kier alpha value is -2.91. The molecule has 0 bridgehead atoms. The fourth-order valence-electron chi connectivity index (χ4n) is 1.92. The molecule has 2 aromatic carbocycles. The summed E-state index contributed by atoms with van der Waals surface area (Å²) >= 11 is 5.85. The highest BCUT2D eigenvalue weighted by atomic mass is 35.5. The van der Waals surface area contributed by atoms with E-state index in [0.29, 0.717) is 0 Å². The van der Waals surface area contributed by atoms with E-state index in [9.17, 15) is 18.4 Å². The van der Waals surface area contributed by atoms with Crippen LogP contribution >= 0.6 is 11.6 Å². The molecule has 0 unspecified atom stereocenters. The van der Waals surface area contributed by atoms with Gasteiger partial charge in [-0.3, -0.25) is 4.79 Å². The smallest absolute Gasteiger partial charge is 0.405 e. The van der Waals surface area contributed by atoms with Crippen LogP contribution in [0.4, 0.5) is 13.6 Å². The van der Waals surface area contributed by atoms with Crippen molar-refractivity contribution in [2.24, 2.45) is 0 Å². The van der Waals surface area contributed by atoms with Gasteiger partial charge < -0.3 is 10.4 Å². The van der Waals surface area contributed by atoms with Gasteiger partial charge in [-0.15, -0.1) is 0 Å². The molecule has 24 heavy (non-hydrogen) atoms. The molecule has 0 radical (unpaired) electrons. The Morgan fingerprint density at radius 2 is 1.83 bits per heavy atom. The average molecular weight is 350 g/mol. The summed E-state index contributed by atoms with van der Waals surface area (Å²) in [6, 6.07) is 7.24. The van der Waals surface area contributed by atoms with Crippen LogP contribution in [0.3, 0.4) is 0 Å². The predicted molar refractivity (Wildman–Crippen MR) is 84.1 cm³/mol. The lowest BCUT2D eigenvalue weighted by Gasteiger charge is -2.07. The average Bonchev–Trinajstić information content (AvgIpc) is 2.52. The summed E-state index contributed by atoms with van der Waals surface area (Å²) in [6.45, 7) is -0.167. The van der Waals surface area contributed by atoms with Gasteiger partial charge in [0, 0.05) is 16.1 Å². The van der Waals surface area contributed by atoms with E-state index in [4.69, 9.17) is 16.7 Å². The Morgan fingerprint density at radius 3 is 2.46 bits per heavy atom. The number of rotatable bonds is 3. The minimum absolute atomic E-state index is 0.0747. The van der Waals surface area contributed by atoms with Crippen LogP contribution in [0, 0.1) is 23.5 Å². The maximum absolute atomic E-state index is 13.8. The number of amides is 1. The van der Waals surface area contributed by atoms with Crippen LogP contribution in [0.1, 0.15) is 21.5 Å². The van der Waals surface area contributed by atoms with Crippen LogP contribution in [0.2, 0.25) is 5.02 Å². The Bertz CT molecular complexity index is 852. The number of benzene rings is 2. The van der Waals surface area contributed by atoms with Gasteiger partial charge in [0.25, 0.3) is 0 Å². The Morgan fingerprint density at radius 1 is 1.17 bits per heavy atom. The molecule has 0 aliphatic carbocycles.